The predicted molar refractivity (Wildman–Crippen MR) is 50.6 cm³/mol. The number of ether oxygens (including phenoxy) is 1. The maximum Gasteiger partial charge on any atom is 0.236 e. The van der Waals surface area contributed by atoms with Crippen molar-refractivity contribution in [2.24, 2.45) is 0 Å². The molecule has 1 saturated heterocycles. The summed E-state index contributed by atoms with van der Waals surface area (Å²) in [4.78, 5) is 15.4. The van der Waals surface area contributed by atoms with Crippen molar-refractivity contribution in [3.05, 3.63) is 0 Å². The van der Waals surface area contributed by atoms with Gasteiger partial charge in [-0.3, -0.25) is 9.69 Å². The Hall–Kier alpha value is -0.610. The molecule has 1 rings (SSSR count). The molecule has 1 amide bonds. The molecule has 13 heavy (non-hydrogen) atoms. The Kier molecular flexibility index (Phi) is 4.18. The van der Waals surface area contributed by atoms with Gasteiger partial charge in [0.15, 0.2) is 0 Å². The van der Waals surface area contributed by atoms with Gasteiger partial charge in [-0.05, 0) is 13.5 Å². The lowest BCUT2D eigenvalue weighted by molar-refractivity contribution is -0.135. The van der Waals surface area contributed by atoms with Gasteiger partial charge in [0.25, 0.3) is 0 Å². The summed E-state index contributed by atoms with van der Waals surface area (Å²) in [5.74, 6) is 0.241. The van der Waals surface area contributed by atoms with Crippen LogP contribution in [0.2, 0.25) is 0 Å². The minimum Gasteiger partial charge on any atom is -0.385 e. The van der Waals surface area contributed by atoms with E-state index < -0.39 is 0 Å². The maximum absolute atomic E-state index is 11.4. The highest BCUT2D eigenvalue weighted by molar-refractivity contribution is 5.78. The third-order valence-electron chi connectivity index (χ3n) is 2.29. The summed E-state index contributed by atoms with van der Waals surface area (Å²) in [6.45, 7) is 3.98. The number of hydrogen-bond acceptors (Lipinski definition) is 3. The molecule has 0 spiro atoms. The van der Waals surface area contributed by atoms with Crippen molar-refractivity contribution in [1.82, 2.24) is 9.80 Å². The molecule has 1 aliphatic heterocycles. The van der Waals surface area contributed by atoms with E-state index in [-0.39, 0.29) is 5.91 Å². The number of rotatable bonds is 4. The van der Waals surface area contributed by atoms with Gasteiger partial charge in [-0.25, -0.2) is 0 Å². The van der Waals surface area contributed by atoms with Gasteiger partial charge in [0, 0.05) is 33.4 Å². The molecule has 0 aromatic carbocycles. The van der Waals surface area contributed by atoms with Crippen molar-refractivity contribution in [3.63, 3.8) is 0 Å². The molecule has 0 unspecified atom stereocenters. The van der Waals surface area contributed by atoms with Gasteiger partial charge >= 0.3 is 0 Å². The summed E-state index contributed by atoms with van der Waals surface area (Å²) in [7, 11) is 3.66. The molecule has 4 nitrogen and oxygen atoms in total. The third kappa shape index (κ3) is 3.32. The second-order valence-electron chi connectivity index (χ2n) is 3.46. The van der Waals surface area contributed by atoms with Crippen molar-refractivity contribution < 1.29 is 9.53 Å². The Labute approximate surface area is 79.4 Å². The smallest absolute Gasteiger partial charge is 0.236 e. The average Bonchev–Trinajstić information content (AvgIpc) is 2.09. The fourth-order valence-corrected chi connectivity index (χ4v) is 1.46. The molecule has 0 aromatic rings. The minimum absolute atomic E-state index is 0.241. The van der Waals surface area contributed by atoms with Gasteiger partial charge < -0.3 is 9.64 Å². The lowest BCUT2D eigenvalue weighted by Gasteiger charge is -2.32. The Morgan fingerprint density at radius 1 is 1.46 bits per heavy atom. The normalized spacial score (nSPS) is 19.5. The first-order valence-electron chi connectivity index (χ1n) is 4.69. The molecule has 0 saturated carbocycles. The van der Waals surface area contributed by atoms with Gasteiger partial charge in [0.1, 0.15) is 0 Å². The highest BCUT2D eigenvalue weighted by Gasteiger charge is 2.20. The number of nitrogens with zero attached hydrogens (tertiary/aromatic N) is 2. The summed E-state index contributed by atoms with van der Waals surface area (Å²) in [6.07, 6.45) is 0.936. The van der Waals surface area contributed by atoms with Gasteiger partial charge in [0.05, 0.1) is 6.54 Å². The molecule has 1 aliphatic rings. The molecule has 0 aliphatic carbocycles. The predicted octanol–water partition coefficient (Wildman–Crippen LogP) is -0.203. The maximum atomic E-state index is 11.4. The van der Waals surface area contributed by atoms with Crippen LogP contribution in [0.3, 0.4) is 0 Å². The van der Waals surface area contributed by atoms with Crippen LogP contribution in [0.1, 0.15) is 6.42 Å². The standard InChI is InChI=1S/C9H18N2O2/c1-10-5-6-11(9(12)8-10)4-3-7-13-2/h3-8H2,1-2H3. The molecule has 0 N–H and O–H groups in total. The van der Waals surface area contributed by atoms with Crippen molar-refractivity contribution >= 4 is 5.91 Å². The Bertz CT molecular complexity index is 173. The number of hydrogen-bond donors (Lipinski definition) is 0. The van der Waals surface area contributed by atoms with Gasteiger partial charge in [-0.1, -0.05) is 0 Å². The van der Waals surface area contributed by atoms with E-state index in [1.807, 2.05) is 11.9 Å². The first kappa shape index (κ1) is 10.5. The monoisotopic (exact) mass is 186 g/mol. The zero-order chi connectivity index (χ0) is 9.68. The zero-order valence-electron chi connectivity index (χ0n) is 8.45. The molecule has 76 valence electrons. The molecule has 0 bridgehead atoms. The molecule has 1 fully saturated rings. The lowest BCUT2D eigenvalue weighted by atomic mass is 10.3. The number of likely N-dealkylation sites (N-methyl/N-ethyl adjacent to an activating group) is 1. The highest BCUT2D eigenvalue weighted by atomic mass is 16.5. The summed E-state index contributed by atoms with van der Waals surface area (Å²) in [5, 5.41) is 0. The third-order valence-corrected chi connectivity index (χ3v) is 2.29. The second kappa shape index (κ2) is 5.19. The van der Waals surface area contributed by atoms with Crippen LogP contribution in [0.25, 0.3) is 0 Å². The summed E-state index contributed by atoms with van der Waals surface area (Å²) < 4.78 is 4.94. The molecule has 0 atom stereocenters. The van der Waals surface area contributed by atoms with Crippen molar-refractivity contribution in [2.45, 2.75) is 6.42 Å². The number of carbonyl (C=O) groups excluding carboxylic acids is 1. The van der Waals surface area contributed by atoms with Gasteiger partial charge in [0.2, 0.25) is 5.91 Å². The number of methoxy groups -OCH3 is 1. The van der Waals surface area contributed by atoms with Crippen molar-refractivity contribution in [3.8, 4) is 0 Å². The average molecular weight is 186 g/mol. The van der Waals surface area contributed by atoms with Crippen LogP contribution < -0.4 is 0 Å². The van der Waals surface area contributed by atoms with Crippen LogP contribution in [-0.2, 0) is 9.53 Å². The van der Waals surface area contributed by atoms with Gasteiger partial charge in [-0.2, -0.15) is 0 Å². The van der Waals surface area contributed by atoms with Crippen LogP contribution in [0.5, 0.6) is 0 Å². The Balaban J connectivity index is 2.22. The quantitative estimate of drug-likeness (QED) is 0.570. The van der Waals surface area contributed by atoms with Crippen molar-refractivity contribution in [1.29, 1.82) is 0 Å². The molecule has 1 heterocycles. The van der Waals surface area contributed by atoms with E-state index in [1.165, 1.54) is 0 Å². The van der Waals surface area contributed by atoms with Crippen molar-refractivity contribution in [2.75, 3.05) is 46.9 Å². The largest absolute Gasteiger partial charge is 0.385 e. The molecule has 0 aromatic heterocycles. The first-order chi connectivity index (χ1) is 6.24. The summed E-state index contributed by atoms with van der Waals surface area (Å²) in [6, 6.07) is 0. The zero-order valence-corrected chi connectivity index (χ0v) is 8.45. The first-order valence-corrected chi connectivity index (χ1v) is 4.69. The fraction of sp³-hybridized carbons (Fsp3) is 0.889. The van der Waals surface area contributed by atoms with E-state index in [0.717, 1.165) is 32.7 Å². The number of carbonyl (C=O) groups is 1. The van der Waals surface area contributed by atoms with Crippen LogP contribution >= 0.6 is 0 Å². The van der Waals surface area contributed by atoms with Gasteiger partial charge in [-0.15, -0.1) is 0 Å². The summed E-state index contributed by atoms with van der Waals surface area (Å²) in [5.41, 5.74) is 0. The number of amides is 1. The van der Waals surface area contributed by atoms with E-state index in [2.05, 4.69) is 4.90 Å². The molecule has 4 heteroatoms. The summed E-state index contributed by atoms with van der Waals surface area (Å²) >= 11 is 0. The second-order valence-corrected chi connectivity index (χ2v) is 3.46. The SMILES string of the molecule is COCCCN1CCN(C)CC1=O. The molecular formula is C9H18N2O2. The van der Waals surface area contributed by atoms with Crippen LogP contribution in [0.4, 0.5) is 0 Å². The van der Waals surface area contributed by atoms with E-state index in [4.69, 9.17) is 4.74 Å². The van der Waals surface area contributed by atoms with E-state index in [1.54, 1.807) is 7.11 Å². The fourth-order valence-electron chi connectivity index (χ4n) is 1.46. The van der Waals surface area contributed by atoms with Crippen LogP contribution in [0, 0.1) is 0 Å². The van der Waals surface area contributed by atoms with E-state index in [0.29, 0.717) is 6.54 Å². The molecule has 0 radical (unpaired) electrons. The Morgan fingerprint density at radius 3 is 2.85 bits per heavy atom. The lowest BCUT2D eigenvalue weighted by Crippen LogP contribution is -2.49. The van der Waals surface area contributed by atoms with Crippen LogP contribution in [0.15, 0.2) is 0 Å². The highest BCUT2D eigenvalue weighted by Crippen LogP contribution is 2.01. The topological polar surface area (TPSA) is 32.8 Å². The minimum atomic E-state index is 0.241. The van der Waals surface area contributed by atoms with E-state index in [9.17, 15) is 4.79 Å². The number of piperazine rings is 1. The molecular weight excluding hydrogens is 168 g/mol. The Morgan fingerprint density at radius 2 is 2.23 bits per heavy atom. The van der Waals surface area contributed by atoms with Crippen LogP contribution in [-0.4, -0.2) is 62.7 Å². The van der Waals surface area contributed by atoms with E-state index >= 15 is 0 Å².